The summed E-state index contributed by atoms with van der Waals surface area (Å²) in [4.78, 5) is 12.8. The topological polar surface area (TPSA) is 181 Å². The Hall–Kier alpha value is -2.34. The van der Waals surface area contributed by atoms with E-state index in [9.17, 15) is 0 Å². The highest BCUT2D eigenvalue weighted by atomic mass is 16.5. The second-order valence-electron chi connectivity index (χ2n) is 6.39. The molecule has 0 spiro atoms. The molecule has 1 fully saturated rings. The van der Waals surface area contributed by atoms with Gasteiger partial charge in [-0.25, -0.2) is 20.4 Å². The van der Waals surface area contributed by atoms with Crippen LogP contribution in [0.3, 0.4) is 0 Å². The van der Waals surface area contributed by atoms with Crippen molar-refractivity contribution < 1.29 is 4.74 Å². The van der Waals surface area contributed by atoms with Crippen molar-refractivity contribution in [3.63, 3.8) is 0 Å². The number of nitrogens with two attached hydrogens (primary N) is 4. The number of anilines is 2. The van der Waals surface area contributed by atoms with Gasteiger partial charge in [0.05, 0.1) is 6.10 Å². The normalized spacial score (nSPS) is 27.0. The first kappa shape index (κ1) is 18.5. The number of nitrogen functional groups attached to an aromatic ring is 1. The summed E-state index contributed by atoms with van der Waals surface area (Å²) in [6, 6.07) is -0.602. The fraction of sp³-hybridized carbons (Fsp3) is 0.600. The van der Waals surface area contributed by atoms with E-state index in [-0.39, 0.29) is 30.6 Å². The van der Waals surface area contributed by atoms with Crippen molar-refractivity contribution in [2.75, 3.05) is 17.7 Å². The number of nitrogens with one attached hydrogen (secondary N) is 1. The van der Waals surface area contributed by atoms with Gasteiger partial charge in [0.15, 0.2) is 17.0 Å². The fourth-order valence-electron chi connectivity index (χ4n) is 2.90. The number of imidazole rings is 1. The predicted molar refractivity (Wildman–Crippen MR) is 100 cm³/mol. The largest absolute Gasteiger partial charge is 0.382 e. The molecule has 0 bridgehead atoms. The highest BCUT2D eigenvalue weighted by Crippen LogP contribution is 2.32. The van der Waals surface area contributed by atoms with Crippen molar-refractivity contribution in [3.8, 4) is 0 Å². The van der Waals surface area contributed by atoms with Gasteiger partial charge in [0.1, 0.15) is 12.6 Å². The monoisotopic (exact) mass is 362 g/mol. The SMILES string of the molecule is CC/C(C)=N/Nc1nc2c(N)ncnc2n1C1CC(N)C(N)C(CN)O1. The summed E-state index contributed by atoms with van der Waals surface area (Å²) in [5, 5.41) is 4.32. The van der Waals surface area contributed by atoms with Crippen molar-refractivity contribution in [2.45, 2.75) is 51.1 Å². The number of hydrogen-bond donors (Lipinski definition) is 5. The standard InChI is InChI=1S/C15H26N10O/c1-3-7(2)23-24-15-22-12-13(19)20-6-21-14(12)25(15)10-4-8(17)11(18)9(5-16)26-10/h6,8-11H,3-5,16-18H2,1-2H3,(H,22,24)(H2,19,20,21)/b23-7+. The van der Waals surface area contributed by atoms with Crippen LogP contribution in [0.5, 0.6) is 0 Å². The van der Waals surface area contributed by atoms with Crippen molar-refractivity contribution in [1.82, 2.24) is 19.5 Å². The third-order valence-electron chi connectivity index (χ3n) is 4.61. The van der Waals surface area contributed by atoms with Crippen LogP contribution < -0.4 is 28.4 Å². The minimum absolute atomic E-state index is 0.269. The maximum absolute atomic E-state index is 6.21. The van der Waals surface area contributed by atoms with Gasteiger partial charge in [0.2, 0.25) is 5.95 Å². The molecule has 11 nitrogen and oxygen atoms in total. The van der Waals surface area contributed by atoms with Crippen LogP contribution in [0.15, 0.2) is 11.4 Å². The molecule has 4 unspecified atom stereocenters. The van der Waals surface area contributed by atoms with Crippen LogP contribution in [0, 0.1) is 0 Å². The molecule has 1 aliphatic rings. The zero-order chi connectivity index (χ0) is 18.8. The van der Waals surface area contributed by atoms with E-state index in [1.807, 2.05) is 13.8 Å². The second-order valence-corrected chi connectivity index (χ2v) is 6.39. The molecule has 1 aliphatic heterocycles. The zero-order valence-electron chi connectivity index (χ0n) is 15.0. The molecule has 3 heterocycles. The third kappa shape index (κ3) is 3.33. The quantitative estimate of drug-likeness (QED) is 0.346. The van der Waals surface area contributed by atoms with E-state index in [1.54, 1.807) is 4.57 Å². The Kier molecular flexibility index (Phi) is 5.32. The van der Waals surface area contributed by atoms with Gasteiger partial charge in [-0.15, -0.1) is 0 Å². The van der Waals surface area contributed by atoms with E-state index in [2.05, 4.69) is 25.5 Å². The predicted octanol–water partition coefficient (Wildman–Crippen LogP) is -0.493. The Labute approximate surface area is 151 Å². The number of hydrogen-bond acceptors (Lipinski definition) is 10. The van der Waals surface area contributed by atoms with Gasteiger partial charge in [0, 0.05) is 30.8 Å². The Morgan fingerprint density at radius 1 is 1.42 bits per heavy atom. The molecule has 142 valence electrons. The molecule has 9 N–H and O–H groups in total. The molecule has 2 aromatic heterocycles. The lowest BCUT2D eigenvalue weighted by Crippen LogP contribution is -2.57. The molecule has 0 saturated carbocycles. The molecule has 0 aliphatic carbocycles. The van der Waals surface area contributed by atoms with Crippen LogP contribution in [0.4, 0.5) is 11.8 Å². The van der Waals surface area contributed by atoms with E-state index < -0.39 is 6.23 Å². The van der Waals surface area contributed by atoms with Crippen molar-refractivity contribution in [3.05, 3.63) is 6.33 Å². The van der Waals surface area contributed by atoms with Gasteiger partial charge < -0.3 is 27.7 Å². The Morgan fingerprint density at radius 3 is 2.88 bits per heavy atom. The maximum Gasteiger partial charge on any atom is 0.228 e. The fourth-order valence-corrected chi connectivity index (χ4v) is 2.90. The number of ether oxygens (including phenoxy) is 1. The summed E-state index contributed by atoms with van der Waals surface area (Å²) >= 11 is 0. The van der Waals surface area contributed by atoms with Crippen molar-refractivity contribution >= 4 is 28.6 Å². The van der Waals surface area contributed by atoms with Crippen LogP contribution in [0.25, 0.3) is 11.2 Å². The highest BCUT2D eigenvalue weighted by Gasteiger charge is 2.36. The average molecular weight is 362 g/mol. The zero-order valence-corrected chi connectivity index (χ0v) is 15.0. The summed E-state index contributed by atoms with van der Waals surface area (Å²) in [7, 11) is 0. The number of fused-ring (bicyclic) bond motifs is 1. The lowest BCUT2D eigenvalue weighted by Gasteiger charge is -2.38. The molecule has 3 rings (SSSR count). The molecule has 2 aromatic rings. The Bertz CT molecular complexity index is 803. The molecular formula is C15H26N10O. The minimum atomic E-state index is -0.447. The van der Waals surface area contributed by atoms with E-state index in [0.717, 1.165) is 12.1 Å². The van der Waals surface area contributed by atoms with Gasteiger partial charge in [-0.05, 0) is 13.3 Å². The van der Waals surface area contributed by atoms with Crippen LogP contribution >= 0.6 is 0 Å². The van der Waals surface area contributed by atoms with Crippen LogP contribution in [-0.4, -0.2) is 50.0 Å². The summed E-state index contributed by atoms with van der Waals surface area (Å²) in [5.74, 6) is 0.726. The van der Waals surface area contributed by atoms with Gasteiger partial charge in [-0.3, -0.25) is 4.57 Å². The molecule has 1 saturated heterocycles. The second kappa shape index (κ2) is 7.50. The molecular weight excluding hydrogens is 336 g/mol. The van der Waals surface area contributed by atoms with Crippen LogP contribution in [0.1, 0.15) is 32.9 Å². The molecule has 0 aromatic carbocycles. The third-order valence-corrected chi connectivity index (χ3v) is 4.61. The number of aromatic nitrogens is 4. The molecule has 0 radical (unpaired) electrons. The minimum Gasteiger partial charge on any atom is -0.382 e. The van der Waals surface area contributed by atoms with E-state index in [4.69, 9.17) is 27.7 Å². The number of rotatable bonds is 5. The molecule has 4 atom stereocenters. The first-order valence-corrected chi connectivity index (χ1v) is 8.60. The molecule has 26 heavy (non-hydrogen) atoms. The lowest BCUT2D eigenvalue weighted by molar-refractivity contribution is -0.0981. The summed E-state index contributed by atoms with van der Waals surface area (Å²) in [5.41, 5.74) is 29.0. The van der Waals surface area contributed by atoms with Crippen molar-refractivity contribution in [1.29, 1.82) is 0 Å². The van der Waals surface area contributed by atoms with Gasteiger partial charge in [-0.2, -0.15) is 5.10 Å². The first-order valence-electron chi connectivity index (χ1n) is 8.60. The van der Waals surface area contributed by atoms with Gasteiger partial charge in [0.25, 0.3) is 0 Å². The van der Waals surface area contributed by atoms with E-state index in [0.29, 0.717) is 23.5 Å². The smallest absolute Gasteiger partial charge is 0.228 e. The first-order chi connectivity index (χ1) is 12.5. The maximum atomic E-state index is 6.21. The highest BCUT2D eigenvalue weighted by molar-refractivity contribution is 5.85. The van der Waals surface area contributed by atoms with E-state index in [1.165, 1.54) is 6.33 Å². The van der Waals surface area contributed by atoms with Crippen LogP contribution in [-0.2, 0) is 4.74 Å². The Morgan fingerprint density at radius 2 is 2.19 bits per heavy atom. The number of hydrazone groups is 1. The van der Waals surface area contributed by atoms with Crippen LogP contribution in [0.2, 0.25) is 0 Å². The van der Waals surface area contributed by atoms with Gasteiger partial charge in [-0.1, -0.05) is 6.92 Å². The summed E-state index contributed by atoms with van der Waals surface area (Å²) < 4.78 is 7.87. The van der Waals surface area contributed by atoms with Gasteiger partial charge >= 0.3 is 0 Å². The summed E-state index contributed by atoms with van der Waals surface area (Å²) in [6.07, 6.45) is 1.86. The average Bonchev–Trinajstić information content (AvgIpc) is 3.01. The summed E-state index contributed by atoms with van der Waals surface area (Å²) in [6.45, 7) is 4.21. The lowest BCUT2D eigenvalue weighted by atomic mass is 9.97. The molecule has 0 amide bonds. The van der Waals surface area contributed by atoms with Crippen molar-refractivity contribution in [2.24, 2.45) is 22.3 Å². The Balaban J connectivity index is 2.06. The number of nitrogens with zero attached hydrogens (tertiary/aromatic N) is 5. The molecule has 11 heteroatoms. The van der Waals surface area contributed by atoms with E-state index >= 15 is 0 Å².